The van der Waals surface area contributed by atoms with Crippen molar-refractivity contribution >= 4 is 17.3 Å². The first-order valence-electron chi connectivity index (χ1n) is 8.08. The average molecular weight is 335 g/mol. The normalized spacial score (nSPS) is 23.4. The minimum absolute atomic E-state index is 0.0384. The fourth-order valence-electron chi connectivity index (χ4n) is 3.92. The zero-order chi connectivity index (χ0) is 17.6. The van der Waals surface area contributed by atoms with Gasteiger partial charge in [-0.15, -0.1) is 0 Å². The van der Waals surface area contributed by atoms with Gasteiger partial charge in [0.2, 0.25) is 0 Å². The zero-order valence-corrected chi connectivity index (χ0v) is 13.2. The van der Waals surface area contributed by atoms with Crippen LogP contribution in [0, 0.1) is 16.0 Å². The van der Waals surface area contributed by atoms with Crippen LogP contribution in [-0.4, -0.2) is 10.9 Å². The second-order valence-electron chi connectivity index (χ2n) is 6.38. The standard InChI is InChI=1S/C19H16N2O4/c22-19(23)16-6-2-5-15-13-3-1-4-14(13)17(20-18(15)16)11-7-9-12(10-8-11)21(24)25/h1-3,5-10,13-14,17,20H,4H2,(H,22,23)/p-1/t13-,14+,17-/m0/s1. The van der Waals surface area contributed by atoms with E-state index in [0.717, 1.165) is 17.5 Å². The molecule has 1 aliphatic carbocycles. The summed E-state index contributed by atoms with van der Waals surface area (Å²) in [5, 5.41) is 25.7. The first-order chi connectivity index (χ1) is 12.1. The lowest BCUT2D eigenvalue weighted by molar-refractivity contribution is -0.384. The van der Waals surface area contributed by atoms with Crippen LogP contribution >= 0.6 is 0 Å². The van der Waals surface area contributed by atoms with E-state index < -0.39 is 10.9 Å². The third-order valence-corrected chi connectivity index (χ3v) is 5.08. The highest BCUT2D eigenvalue weighted by atomic mass is 16.6. The number of benzene rings is 2. The fraction of sp³-hybridized carbons (Fsp3) is 0.211. The maximum atomic E-state index is 11.5. The number of non-ortho nitro benzene ring substituents is 1. The Morgan fingerprint density at radius 2 is 1.92 bits per heavy atom. The summed E-state index contributed by atoms with van der Waals surface area (Å²) in [6.45, 7) is 0. The van der Waals surface area contributed by atoms with Gasteiger partial charge in [0, 0.05) is 29.3 Å². The van der Waals surface area contributed by atoms with Crippen molar-refractivity contribution in [1.82, 2.24) is 0 Å². The van der Waals surface area contributed by atoms with Gasteiger partial charge in [0.05, 0.1) is 16.9 Å². The molecule has 0 amide bonds. The summed E-state index contributed by atoms with van der Waals surface area (Å²) in [6.07, 6.45) is 5.09. The number of anilines is 1. The monoisotopic (exact) mass is 335 g/mol. The second kappa shape index (κ2) is 5.73. The Kier molecular flexibility index (Phi) is 3.53. The molecule has 126 valence electrons. The molecule has 0 aromatic heterocycles. The molecule has 0 saturated carbocycles. The van der Waals surface area contributed by atoms with E-state index in [1.165, 1.54) is 18.2 Å². The molecule has 25 heavy (non-hydrogen) atoms. The van der Waals surface area contributed by atoms with Crippen molar-refractivity contribution in [2.24, 2.45) is 5.92 Å². The van der Waals surface area contributed by atoms with E-state index in [1.54, 1.807) is 18.2 Å². The maximum absolute atomic E-state index is 11.5. The highest BCUT2D eigenvalue weighted by Gasteiger charge is 2.38. The number of nitro groups is 1. The van der Waals surface area contributed by atoms with Crippen LogP contribution in [0.4, 0.5) is 11.4 Å². The largest absolute Gasteiger partial charge is 0.545 e. The van der Waals surface area contributed by atoms with Crippen LogP contribution in [0.25, 0.3) is 0 Å². The van der Waals surface area contributed by atoms with Crippen LogP contribution in [-0.2, 0) is 0 Å². The average Bonchev–Trinajstić information content (AvgIpc) is 3.10. The summed E-state index contributed by atoms with van der Waals surface area (Å²) in [7, 11) is 0. The molecule has 3 atom stereocenters. The summed E-state index contributed by atoms with van der Waals surface area (Å²) in [5.74, 6) is -0.853. The molecule has 0 saturated heterocycles. The van der Waals surface area contributed by atoms with Gasteiger partial charge in [-0.1, -0.05) is 42.5 Å². The Morgan fingerprint density at radius 1 is 1.16 bits per heavy atom. The van der Waals surface area contributed by atoms with Crippen LogP contribution in [0.5, 0.6) is 0 Å². The minimum atomic E-state index is -1.22. The van der Waals surface area contributed by atoms with Gasteiger partial charge < -0.3 is 15.2 Å². The Balaban J connectivity index is 1.78. The Bertz CT molecular complexity index is 889. The number of hydrogen-bond acceptors (Lipinski definition) is 5. The second-order valence-corrected chi connectivity index (χ2v) is 6.38. The predicted molar refractivity (Wildman–Crippen MR) is 90.2 cm³/mol. The van der Waals surface area contributed by atoms with Crippen molar-refractivity contribution in [1.29, 1.82) is 0 Å². The van der Waals surface area contributed by atoms with E-state index in [4.69, 9.17) is 0 Å². The summed E-state index contributed by atoms with van der Waals surface area (Å²) in [5.41, 5.74) is 2.63. The quantitative estimate of drug-likeness (QED) is 0.529. The molecule has 6 nitrogen and oxygen atoms in total. The van der Waals surface area contributed by atoms with Gasteiger partial charge in [-0.25, -0.2) is 0 Å². The third kappa shape index (κ3) is 2.46. The van der Waals surface area contributed by atoms with Crippen molar-refractivity contribution in [2.45, 2.75) is 18.4 Å². The van der Waals surface area contributed by atoms with Crippen molar-refractivity contribution in [3.8, 4) is 0 Å². The molecule has 0 spiro atoms. The fourth-order valence-corrected chi connectivity index (χ4v) is 3.92. The highest BCUT2D eigenvalue weighted by molar-refractivity contribution is 5.94. The molecule has 0 fully saturated rings. The van der Waals surface area contributed by atoms with E-state index >= 15 is 0 Å². The Hall–Kier alpha value is -3.15. The lowest BCUT2D eigenvalue weighted by Crippen LogP contribution is -2.32. The maximum Gasteiger partial charge on any atom is 0.269 e. The van der Waals surface area contributed by atoms with Gasteiger partial charge in [-0.3, -0.25) is 10.1 Å². The number of aromatic carboxylic acids is 1. The van der Waals surface area contributed by atoms with Gasteiger partial charge in [-0.2, -0.15) is 0 Å². The number of carbonyl (C=O) groups is 1. The topological polar surface area (TPSA) is 95.3 Å². The summed E-state index contributed by atoms with van der Waals surface area (Å²) in [4.78, 5) is 21.9. The number of carboxylic acids is 1. The van der Waals surface area contributed by atoms with Crippen LogP contribution in [0.1, 0.15) is 39.9 Å². The number of carbonyl (C=O) groups excluding carboxylic acids is 1. The Labute approximate surface area is 144 Å². The number of nitrogens with one attached hydrogen (secondary N) is 1. The minimum Gasteiger partial charge on any atom is -0.545 e. The van der Waals surface area contributed by atoms with Gasteiger partial charge in [0.25, 0.3) is 5.69 Å². The number of hydrogen-bond donors (Lipinski definition) is 1. The van der Waals surface area contributed by atoms with E-state index in [1.807, 2.05) is 6.07 Å². The lowest BCUT2D eigenvalue weighted by atomic mass is 9.76. The van der Waals surface area contributed by atoms with Crippen LogP contribution < -0.4 is 10.4 Å². The van der Waals surface area contributed by atoms with E-state index in [2.05, 4.69) is 17.5 Å². The molecule has 1 heterocycles. The summed E-state index contributed by atoms with van der Waals surface area (Å²) in [6, 6.07) is 11.5. The lowest BCUT2D eigenvalue weighted by Gasteiger charge is -2.38. The molecular formula is C19H15N2O4-. The number of nitrogens with zero attached hydrogens (tertiary/aromatic N) is 1. The van der Waals surface area contributed by atoms with Crippen molar-refractivity contribution < 1.29 is 14.8 Å². The molecule has 4 rings (SSSR count). The van der Waals surface area contributed by atoms with Crippen LogP contribution in [0.2, 0.25) is 0 Å². The number of rotatable bonds is 3. The third-order valence-electron chi connectivity index (χ3n) is 5.08. The van der Waals surface area contributed by atoms with Crippen LogP contribution in [0.15, 0.2) is 54.6 Å². The first-order valence-corrected chi connectivity index (χ1v) is 8.08. The molecule has 6 heteroatoms. The number of fused-ring (bicyclic) bond motifs is 3. The molecule has 0 radical (unpaired) electrons. The molecule has 1 aliphatic heterocycles. The molecular weight excluding hydrogens is 320 g/mol. The van der Waals surface area contributed by atoms with Crippen molar-refractivity contribution in [2.75, 3.05) is 5.32 Å². The molecule has 2 aromatic rings. The first kappa shape index (κ1) is 15.4. The number of para-hydroxylation sites is 1. The Morgan fingerprint density at radius 3 is 2.60 bits per heavy atom. The van der Waals surface area contributed by atoms with E-state index in [9.17, 15) is 20.0 Å². The predicted octanol–water partition coefficient (Wildman–Crippen LogP) is 2.78. The molecule has 0 bridgehead atoms. The molecule has 0 unspecified atom stereocenters. The SMILES string of the molecule is O=C([O-])c1cccc2c1N[C@@H](c1ccc([N+](=O)[O-])cc1)[C@@H]1CC=C[C@H]21. The molecule has 2 aromatic carbocycles. The summed E-state index contributed by atoms with van der Waals surface area (Å²) < 4.78 is 0. The summed E-state index contributed by atoms with van der Waals surface area (Å²) >= 11 is 0. The number of nitro benzene ring substituents is 1. The van der Waals surface area contributed by atoms with Gasteiger partial charge >= 0.3 is 0 Å². The van der Waals surface area contributed by atoms with Crippen molar-refractivity contribution in [3.05, 3.63) is 81.4 Å². The molecule has 1 N–H and O–H groups in total. The molecule has 2 aliphatic rings. The van der Waals surface area contributed by atoms with E-state index in [0.29, 0.717) is 5.69 Å². The van der Waals surface area contributed by atoms with Gasteiger partial charge in [0.1, 0.15) is 0 Å². The number of allylic oxidation sites excluding steroid dienone is 2. The zero-order valence-electron chi connectivity index (χ0n) is 13.2. The smallest absolute Gasteiger partial charge is 0.269 e. The van der Waals surface area contributed by atoms with Gasteiger partial charge in [0.15, 0.2) is 0 Å². The highest BCUT2D eigenvalue weighted by Crippen LogP contribution is 2.50. The number of carboxylic acid groups (broad SMARTS) is 1. The van der Waals surface area contributed by atoms with E-state index in [-0.39, 0.29) is 29.1 Å². The van der Waals surface area contributed by atoms with Crippen molar-refractivity contribution in [3.63, 3.8) is 0 Å². The van der Waals surface area contributed by atoms with Crippen LogP contribution in [0.3, 0.4) is 0 Å². The van der Waals surface area contributed by atoms with Gasteiger partial charge in [-0.05, 0) is 23.5 Å².